The Balaban J connectivity index is 1.81. The Kier molecular flexibility index (Phi) is 6.76. The third kappa shape index (κ3) is 4.97. The molecule has 0 aliphatic heterocycles. The quantitative estimate of drug-likeness (QED) is 0.246. The minimum Gasteiger partial charge on any atom is -0.511 e. The number of aliphatic hydroxyl groups is 1. The number of carbonyl (C=O) groups excluding carboxylic acids is 2. The van der Waals surface area contributed by atoms with Gasteiger partial charge in [0.05, 0.1) is 26.7 Å². The summed E-state index contributed by atoms with van der Waals surface area (Å²) in [4.78, 5) is 28.1. The van der Waals surface area contributed by atoms with Crippen LogP contribution in [0.2, 0.25) is 5.02 Å². The summed E-state index contributed by atoms with van der Waals surface area (Å²) in [7, 11) is 0. The smallest absolute Gasteiger partial charge is 0.196 e. The standard InChI is InChI=1S/C31H26ClNO3S/c1-31(2)17-23(34)26(24(35)18-31)29-25(19-11-5-3-6-12-19)27(28(36)20-13-7-4-8-14-20)30(37-29)33-22-16-10-9-15-21(22)32/h3-16,33-34H,17-18H2,1-2H3. The van der Waals surface area contributed by atoms with Gasteiger partial charge in [-0.3, -0.25) is 9.59 Å². The predicted molar refractivity (Wildman–Crippen MR) is 152 cm³/mol. The number of allylic oxidation sites excluding steroid dienone is 2. The number of halogens is 1. The van der Waals surface area contributed by atoms with Crippen molar-refractivity contribution < 1.29 is 14.7 Å². The minimum atomic E-state index is -0.337. The van der Waals surface area contributed by atoms with Crippen LogP contribution in [-0.2, 0) is 4.79 Å². The fourth-order valence-corrected chi connectivity index (χ4v) is 6.26. The van der Waals surface area contributed by atoms with E-state index >= 15 is 0 Å². The molecule has 4 aromatic rings. The zero-order chi connectivity index (χ0) is 26.2. The Bertz CT molecular complexity index is 1520. The predicted octanol–water partition coefficient (Wildman–Crippen LogP) is 8.70. The summed E-state index contributed by atoms with van der Waals surface area (Å²) in [6.45, 7) is 3.94. The number of aliphatic hydroxyl groups excluding tert-OH is 1. The van der Waals surface area contributed by atoms with Crippen LogP contribution in [0.15, 0.2) is 90.7 Å². The molecule has 0 bridgehead atoms. The van der Waals surface area contributed by atoms with E-state index in [0.29, 0.717) is 50.1 Å². The molecular weight excluding hydrogens is 502 g/mol. The third-order valence-corrected chi connectivity index (χ3v) is 7.89. The van der Waals surface area contributed by atoms with Crippen molar-refractivity contribution in [2.45, 2.75) is 26.7 Å². The zero-order valence-corrected chi connectivity index (χ0v) is 22.1. The Morgan fingerprint density at radius 2 is 1.54 bits per heavy atom. The first-order chi connectivity index (χ1) is 17.7. The van der Waals surface area contributed by atoms with E-state index in [2.05, 4.69) is 5.32 Å². The lowest BCUT2D eigenvalue weighted by molar-refractivity contribution is -0.116. The molecule has 1 aliphatic carbocycles. The topological polar surface area (TPSA) is 66.4 Å². The number of benzene rings is 3. The summed E-state index contributed by atoms with van der Waals surface area (Å²) in [5, 5.41) is 15.6. The summed E-state index contributed by atoms with van der Waals surface area (Å²) in [5.41, 5.74) is 2.99. The van der Waals surface area contributed by atoms with Crippen LogP contribution in [-0.4, -0.2) is 16.7 Å². The molecule has 5 rings (SSSR count). The summed E-state index contributed by atoms with van der Waals surface area (Å²) < 4.78 is 0. The number of Topliss-reactive ketones (excluding diaryl/α,β-unsaturated/α-hetero) is 1. The van der Waals surface area contributed by atoms with E-state index in [1.807, 2.05) is 80.6 Å². The largest absolute Gasteiger partial charge is 0.511 e. The van der Waals surface area contributed by atoms with E-state index < -0.39 is 0 Å². The summed E-state index contributed by atoms with van der Waals surface area (Å²) in [6.07, 6.45) is 0.698. The fourth-order valence-electron chi connectivity index (χ4n) is 4.76. The molecule has 0 spiro atoms. The first-order valence-corrected chi connectivity index (χ1v) is 13.2. The van der Waals surface area contributed by atoms with Crippen LogP contribution in [0.1, 0.15) is 47.5 Å². The Morgan fingerprint density at radius 3 is 2.19 bits per heavy atom. The van der Waals surface area contributed by atoms with Crippen LogP contribution in [0.5, 0.6) is 0 Å². The van der Waals surface area contributed by atoms with E-state index in [1.54, 1.807) is 18.2 Å². The lowest BCUT2D eigenvalue weighted by Crippen LogP contribution is -2.25. The third-order valence-electron chi connectivity index (χ3n) is 6.44. The number of carbonyl (C=O) groups is 2. The second-order valence-corrected chi connectivity index (χ2v) is 11.4. The molecule has 186 valence electrons. The highest BCUT2D eigenvalue weighted by molar-refractivity contribution is 7.18. The maximum Gasteiger partial charge on any atom is 0.196 e. The van der Waals surface area contributed by atoms with Crippen molar-refractivity contribution in [1.29, 1.82) is 0 Å². The average molecular weight is 528 g/mol. The van der Waals surface area contributed by atoms with Gasteiger partial charge in [0.1, 0.15) is 10.8 Å². The normalized spacial score (nSPS) is 15.1. The van der Waals surface area contributed by atoms with Gasteiger partial charge in [-0.25, -0.2) is 0 Å². The maximum absolute atomic E-state index is 14.1. The van der Waals surface area contributed by atoms with Crippen molar-refractivity contribution in [1.82, 2.24) is 0 Å². The van der Waals surface area contributed by atoms with Gasteiger partial charge in [0.2, 0.25) is 0 Å². The number of thiophene rings is 1. The van der Waals surface area contributed by atoms with E-state index in [4.69, 9.17) is 11.6 Å². The Labute approximate surface area is 225 Å². The van der Waals surface area contributed by atoms with Gasteiger partial charge < -0.3 is 10.4 Å². The molecule has 0 saturated heterocycles. The molecule has 4 nitrogen and oxygen atoms in total. The average Bonchev–Trinajstić information content (AvgIpc) is 3.23. The summed E-state index contributed by atoms with van der Waals surface area (Å²) >= 11 is 7.76. The molecule has 2 N–H and O–H groups in total. The van der Waals surface area contributed by atoms with Crippen LogP contribution in [0.25, 0.3) is 16.7 Å². The zero-order valence-electron chi connectivity index (χ0n) is 20.5. The van der Waals surface area contributed by atoms with Crippen molar-refractivity contribution >= 4 is 50.8 Å². The minimum absolute atomic E-state index is 0.0580. The molecule has 6 heteroatoms. The molecular formula is C31H26ClNO3S. The van der Waals surface area contributed by atoms with Gasteiger partial charge in [-0.2, -0.15) is 0 Å². The number of rotatable bonds is 6. The van der Waals surface area contributed by atoms with Gasteiger partial charge in [0, 0.05) is 24.0 Å². The van der Waals surface area contributed by atoms with Crippen LogP contribution in [0.4, 0.5) is 10.7 Å². The number of hydrogen-bond acceptors (Lipinski definition) is 5. The number of ketones is 2. The second kappa shape index (κ2) is 10.0. The molecule has 0 fully saturated rings. The highest BCUT2D eigenvalue weighted by Crippen LogP contribution is 2.50. The van der Waals surface area contributed by atoms with E-state index in [9.17, 15) is 14.7 Å². The fraction of sp³-hybridized carbons (Fsp3) is 0.161. The number of hydrogen-bond donors (Lipinski definition) is 2. The summed E-state index contributed by atoms with van der Waals surface area (Å²) in [6, 6.07) is 25.9. The maximum atomic E-state index is 14.1. The SMILES string of the molecule is CC1(C)CC(=O)C(c2sc(Nc3ccccc3Cl)c(C(=O)c3ccccc3)c2-c2ccccc2)=C(O)C1. The first-order valence-electron chi connectivity index (χ1n) is 12.0. The van der Waals surface area contributed by atoms with Crippen LogP contribution in [0, 0.1) is 5.41 Å². The number of nitrogens with one attached hydrogen (secondary N) is 1. The molecule has 3 aromatic carbocycles. The van der Waals surface area contributed by atoms with E-state index in [-0.39, 0.29) is 28.3 Å². The van der Waals surface area contributed by atoms with Crippen molar-refractivity contribution in [2.24, 2.45) is 5.41 Å². The Morgan fingerprint density at radius 1 is 0.919 bits per heavy atom. The molecule has 1 aliphatic rings. The van der Waals surface area contributed by atoms with Gasteiger partial charge in [0.25, 0.3) is 0 Å². The molecule has 0 atom stereocenters. The van der Waals surface area contributed by atoms with Crippen LogP contribution >= 0.6 is 22.9 Å². The molecule has 1 aromatic heterocycles. The number of para-hydroxylation sites is 1. The van der Waals surface area contributed by atoms with Gasteiger partial charge in [-0.05, 0) is 23.1 Å². The summed E-state index contributed by atoms with van der Waals surface area (Å²) in [5.74, 6) is -0.252. The molecule has 0 radical (unpaired) electrons. The molecule has 0 unspecified atom stereocenters. The van der Waals surface area contributed by atoms with Crippen molar-refractivity contribution in [2.75, 3.05) is 5.32 Å². The van der Waals surface area contributed by atoms with Crippen LogP contribution in [0.3, 0.4) is 0 Å². The second-order valence-electron chi connectivity index (χ2n) is 9.94. The van der Waals surface area contributed by atoms with Crippen molar-refractivity contribution in [3.05, 3.63) is 112 Å². The van der Waals surface area contributed by atoms with E-state index in [0.717, 1.165) is 5.56 Å². The molecule has 37 heavy (non-hydrogen) atoms. The highest BCUT2D eigenvalue weighted by atomic mass is 35.5. The van der Waals surface area contributed by atoms with Crippen LogP contribution < -0.4 is 5.32 Å². The highest BCUT2D eigenvalue weighted by Gasteiger charge is 2.37. The Hall–Kier alpha value is -3.67. The van der Waals surface area contributed by atoms with Crippen molar-refractivity contribution in [3.8, 4) is 11.1 Å². The number of anilines is 2. The van der Waals surface area contributed by atoms with Gasteiger partial charge in [-0.15, -0.1) is 11.3 Å². The monoisotopic (exact) mass is 527 g/mol. The molecule has 0 amide bonds. The van der Waals surface area contributed by atoms with Gasteiger partial charge in [-0.1, -0.05) is 98.2 Å². The first kappa shape index (κ1) is 25.0. The van der Waals surface area contributed by atoms with Gasteiger partial charge in [0.15, 0.2) is 11.6 Å². The molecule has 1 heterocycles. The lowest BCUT2D eigenvalue weighted by Gasteiger charge is -2.29. The van der Waals surface area contributed by atoms with Crippen molar-refractivity contribution in [3.63, 3.8) is 0 Å². The van der Waals surface area contributed by atoms with Gasteiger partial charge >= 0.3 is 0 Å². The lowest BCUT2D eigenvalue weighted by atomic mass is 9.75. The van der Waals surface area contributed by atoms with E-state index in [1.165, 1.54) is 11.3 Å². The molecule has 0 saturated carbocycles.